The number of hydrogen-bond acceptors (Lipinski definition) is 4. The Hall–Kier alpha value is -1.91. The SMILES string of the molecule is CCOC(=O)C(Cc1cccnc1)NC(C)=O. The van der Waals surface area contributed by atoms with Crippen LogP contribution in [0.4, 0.5) is 0 Å². The van der Waals surface area contributed by atoms with Crippen LogP contribution in [0.3, 0.4) is 0 Å². The van der Waals surface area contributed by atoms with E-state index in [1.165, 1.54) is 6.92 Å². The van der Waals surface area contributed by atoms with Gasteiger partial charge in [-0.2, -0.15) is 0 Å². The molecule has 5 nitrogen and oxygen atoms in total. The third-order valence-electron chi connectivity index (χ3n) is 2.11. The molecule has 92 valence electrons. The van der Waals surface area contributed by atoms with Crippen molar-refractivity contribution in [2.45, 2.75) is 26.3 Å². The van der Waals surface area contributed by atoms with Gasteiger partial charge in [0.25, 0.3) is 0 Å². The summed E-state index contributed by atoms with van der Waals surface area (Å²) in [6.07, 6.45) is 3.70. The van der Waals surface area contributed by atoms with E-state index in [2.05, 4.69) is 10.3 Å². The van der Waals surface area contributed by atoms with Gasteiger partial charge in [0.1, 0.15) is 6.04 Å². The van der Waals surface area contributed by atoms with Crippen LogP contribution in [0, 0.1) is 0 Å². The maximum atomic E-state index is 11.6. The lowest BCUT2D eigenvalue weighted by Crippen LogP contribution is -2.42. The minimum absolute atomic E-state index is 0.257. The van der Waals surface area contributed by atoms with E-state index in [0.717, 1.165) is 5.56 Å². The summed E-state index contributed by atoms with van der Waals surface area (Å²) in [6.45, 7) is 3.39. The first kappa shape index (κ1) is 13.2. The highest BCUT2D eigenvalue weighted by Gasteiger charge is 2.20. The van der Waals surface area contributed by atoms with Gasteiger partial charge in [0.15, 0.2) is 0 Å². The summed E-state index contributed by atoms with van der Waals surface area (Å²) in [6, 6.07) is 2.98. The lowest BCUT2D eigenvalue weighted by Gasteiger charge is -2.16. The van der Waals surface area contributed by atoms with E-state index in [1.807, 2.05) is 6.07 Å². The number of rotatable bonds is 5. The molecule has 0 saturated heterocycles. The topological polar surface area (TPSA) is 68.3 Å². The van der Waals surface area contributed by atoms with Crippen LogP contribution in [0.2, 0.25) is 0 Å². The Labute approximate surface area is 100 Å². The molecule has 5 heteroatoms. The van der Waals surface area contributed by atoms with E-state index in [0.29, 0.717) is 13.0 Å². The molecule has 0 bridgehead atoms. The van der Waals surface area contributed by atoms with Gasteiger partial charge in [0.05, 0.1) is 6.61 Å². The number of esters is 1. The standard InChI is InChI=1S/C12H16N2O3/c1-3-17-12(16)11(14-9(2)15)7-10-5-4-6-13-8-10/h4-6,8,11H,3,7H2,1-2H3,(H,14,15). The maximum Gasteiger partial charge on any atom is 0.328 e. The number of amides is 1. The van der Waals surface area contributed by atoms with E-state index >= 15 is 0 Å². The Bertz CT molecular complexity index is 379. The second-order valence-electron chi connectivity index (χ2n) is 3.57. The molecule has 0 saturated carbocycles. The number of hydrogen-bond donors (Lipinski definition) is 1. The quantitative estimate of drug-likeness (QED) is 0.764. The average Bonchev–Trinajstić information content (AvgIpc) is 2.29. The van der Waals surface area contributed by atoms with Crippen LogP contribution < -0.4 is 5.32 Å². The lowest BCUT2D eigenvalue weighted by atomic mass is 10.1. The highest BCUT2D eigenvalue weighted by atomic mass is 16.5. The normalized spacial score (nSPS) is 11.6. The van der Waals surface area contributed by atoms with Gasteiger partial charge in [-0.15, -0.1) is 0 Å². The minimum atomic E-state index is -0.656. The zero-order chi connectivity index (χ0) is 12.7. The molecule has 1 atom stereocenters. The molecule has 1 rings (SSSR count). The van der Waals surface area contributed by atoms with Gasteiger partial charge in [-0.25, -0.2) is 4.79 Å². The second kappa shape index (κ2) is 6.62. The molecule has 0 aromatic carbocycles. The number of nitrogens with one attached hydrogen (secondary N) is 1. The summed E-state index contributed by atoms with van der Waals surface area (Å²) >= 11 is 0. The van der Waals surface area contributed by atoms with Crippen molar-refractivity contribution in [3.05, 3.63) is 30.1 Å². The molecule has 1 amide bonds. The molecule has 1 aromatic rings. The molecule has 1 N–H and O–H groups in total. The van der Waals surface area contributed by atoms with Gasteiger partial charge in [-0.1, -0.05) is 6.07 Å². The molecule has 0 fully saturated rings. The zero-order valence-electron chi connectivity index (χ0n) is 9.97. The summed E-state index contributed by atoms with van der Waals surface area (Å²) in [7, 11) is 0. The largest absolute Gasteiger partial charge is 0.464 e. The van der Waals surface area contributed by atoms with Crippen LogP contribution in [0.15, 0.2) is 24.5 Å². The summed E-state index contributed by atoms with van der Waals surface area (Å²) < 4.78 is 4.90. The molecular formula is C12H16N2O3. The predicted molar refractivity (Wildman–Crippen MR) is 62.2 cm³/mol. The first-order valence-corrected chi connectivity index (χ1v) is 5.46. The number of carbonyl (C=O) groups excluding carboxylic acids is 2. The van der Waals surface area contributed by atoms with Crippen LogP contribution in [0.5, 0.6) is 0 Å². The Morgan fingerprint density at radius 3 is 2.82 bits per heavy atom. The lowest BCUT2D eigenvalue weighted by molar-refractivity contribution is -0.147. The van der Waals surface area contributed by atoms with E-state index < -0.39 is 12.0 Å². The molecule has 1 aromatic heterocycles. The summed E-state index contributed by atoms with van der Waals surface area (Å²) in [5.74, 6) is -0.682. The predicted octanol–water partition coefficient (Wildman–Crippen LogP) is 0.692. The van der Waals surface area contributed by atoms with Crippen molar-refractivity contribution in [1.29, 1.82) is 0 Å². The van der Waals surface area contributed by atoms with Gasteiger partial charge in [0, 0.05) is 25.7 Å². The molecule has 0 radical (unpaired) electrons. The van der Waals surface area contributed by atoms with Crippen molar-refractivity contribution in [3.63, 3.8) is 0 Å². The third kappa shape index (κ3) is 4.63. The van der Waals surface area contributed by atoms with Crippen molar-refractivity contribution in [2.75, 3.05) is 6.61 Å². The Kier molecular flexibility index (Phi) is 5.13. The fraction of sp³-hybridized carbons (Fsp3) is 0.417. The Balaban J connectivity index is 2.70. The van der Waals surface area contributed by atoms with E-state index in [9.17, 15) is 9.59 Å². The Morgan fingerprint density at radius 2 is 2.29 bits per heavy atom. The van der Waals surface area contributed by atoms with Crippen molar-refractivity contribution >= 4 is 11.9 Å². The van der Waals surface area contributed by atoms with Crippen LogP contribution in [-0.2, 0) is 20.7 Å². The van der Waals surface area contributed by atoms with Gasteiger partial charge in [-0.3, -0.25) is 9.78 Å². The molecule has 0 aliphatic rings. The summed E-state index contributed by atoms with van der Waals surface area (Å²) in [4.78, 5) is 26.6. The molecule has 0 aliphatic carbocycles. The number of aromatic nitrogens is 1. The Morgan fingerprint density at radius 1 is 1.53 bits per heavy atom. The minimum Gasteiger partial charge on any atom is -0.464 e. The van der Waals surface area contributed by atoms with Crippen LogP contribution >= 0.6 is 0 Å². The molecule has 1 heterocycles. The monoisotopic (exact) mass is 236 g/mol. The number of nitrogens with zero attached hydrogens (tertiary/aromatic N) is 1. The van der Waals surface area contributed by atoms with Crippen molar-refractivity contribution in [1.82, 2.24) is 10.3 Å². The number of carbonyl (C=O) groups is 2. The highest BCUT2D eigenvalue weighted by molar-refractivity contribution is 5.83. The van der Waals surface area contributed by atoms with E-state index in [-0.39, 0.29) is 5.91 Å². The van der Waals surface area contributed by atoms with Crippen molar-refractivity contribution < 1.29 is 14.3 Å². The van der Waals surface area contributed by atoms with Crippen LogP contribution in [0.1, 0.15) is 19.4 Å². The van der Waals surface area contributed by atoms with Gasteiger partial charge >= 0.3 is 5.97 Å². The van der Waals surface area contributed by atoms with Gasteiger partial charge in [0.2, 0.25) is 5.91 Å². The second-order valence-corrected chi connectivity index (χ2v) is 3.57. The first-order chi connectivity index (χ1) is 8.13. The summed E-state index contributed by atoms with van der Waals surface area (Å²) in [5, 5.41) is 2.57. The third-order valence-corrected chi connectivity index (χ3v) is 2.11. The average molecular weight is 236 g/mol. The fourth-order valence-corrected chi connectivity index (χ4v) is 1.44. The zero-order valence-corrected chi connectivity index (χ0v) is 9.97. The molecular weight excluding hydrogens is 220 g/mol. The molecule has 0 spiro atoms. The van der Waals surface area contributed by atoms with Crippen LogP contribution in [0.25, 0.3) is 0 Å². The highest BCUT2D eigenvalue weighted by Crippen LogP contribution is 2.03. The van der Waals surface area contributed by atoms with Gasteiger partial charge < -0.3 is 10.1 Å². The number of ether oxygens (including phenoxy) is 1. The van der Waals surface area contributed by atoms with Crippen molar-refractivity contribution in [3.8, 4) is 0 Å². The smallest absolute Gasteiger partial charge is 0.328 e. The maximum absolute atomic E-state index is 11.6. The molecule has 17 heavy (non-hydrogen) atoms. The fourth-order valence-electron chi connectivity index (χ4n) is 1.44. The number of pyridine rings is 1. The van der Waals surface area contributed by atoms with E-state index in [4.69, 9.17) is 4.74 Å². The first-order valence-electron chi connectivity index (χ1n) is 5.46. The van der Waals surface area contributed by atoms with E-state index in [1.54, 1.807) is 25.4 Å². The van der Waals surface area contributed by atoms with Gasteiger partial charge in [-0.05, 0) is 18.6 Å². The summed E-state index contributed by atoms with van der Waals surface area (Å²) in [5.41, 5.74) is 0.874. The van der Waals surface area contributed by atoms with Crippen LogP contribution in [-0.4, -0.2) is 29.5 Å². The molecule has 1 unspecified atom stereocenters. The van der Waals surface area contributed by atoms with Crippen molar-refractivity contribution in [2.24, 2.45) is 0 Å². The molecule has 0 aliphatic heterocycles.